The molecule has 0 spiro atoms. The molecule has 2 heterocycles. The minimum Gasteiger partial charge on any atom is -0.376 e. The van der Waals surface area contributed by atoms with Crippen LogP contribution in [-0.2, 0) is 14.8 Å². The molecule has 5 rings (SSSR count). The molecule has 4 aromatic rings. The van der Waals surface area contributed by atoms with Crippen molar-refractivity contribution in [2.75, 3.05) is 22.8 Å². The Morgan fingerprint density at radius 1 is 1.05 bits per heavy atom. The van der Waals surface area contributed by atoms with Gasteiger partial charge in [-0.3, -0.25) is 14.4 Å². The number of rotatable bonds is 7. The van der Waals surface area contributed by atoms with Crippen LogP contribution >= 0.6 is 11.3 Å². The van der Waals surface area contributed by atoms with Crippen molar-refractivity contribution in [3.8, 4) is 0 Å². The normalized spacial score (nSPS) is 15.7. The predicted molar refractivity (Wildman–Crippen MR) is 148 cm³/mol. The number of thiazole rings is 1. The van der Waals surface area contributed by atoms with Gasteiger partial charge in [-0.2, -0.15) is 0 Å². The summed E-state index contributed by atoms with van der Waals surface area (Å²) in [7, 11) is -3.73. The monoisotopic (exact) mass is 535 g/mol. The van der Waals surface area contributed by atoms with Gasteiger partial charge in [0.05, 0.1) is 27.8 Å². The minimum atomic E-state index is -3.73. The molecule has 0 saturated carbocycles. The van der Waals surface area contributed by atoms with E-state index in [2.05, 4.69) is 23.8 Å². The van der Waals surface area contributed by atoms with E-state index in [0.717, 1.165) is 39.7 Å². The molecule has 9 heteroatoms. The number of benzene rings is 3. The summed E-state index contributed by atoms with van der Waals surface area (Å²) >= 11 is 1.50. The Kier molecular flexibility index (Phi) is 7.02. The number of anilines is 2. The van der Waals surface area contributed by atoms with Gasteiger partial charge >= 0.3 is 0 Å². The summed E-state index contributed by atoms with van der Waals surface area (Å²) in [6.45, 7) is 7.09. The molecule has 1 N–H and O–H groups in total. The quantitative estimate of drug-likeness (QED) is 0.321. The molecule has 1 atom stereocenters. The fourth-order valence-corrected chi connectivity index (χ4v) is 6.69. The van der Waals surface area contributed by atoms with Crippen LogP contribution in [0.5, 0.6) is 0 Å². The van der Waals surface area contributed by atoms with E-state index in [9.17, 15) is 13.2 Å². The number of nitrogens with zero attached hydrogens (tertiary/aromatic N) is 2. The van der Waals surface area contributed by atoms with E-state index in [0.29, 0.717) is 29.5 Å². The van der Waals surface area contributed by atoms with E-state index in [1.807, 2.05) is 13.8 Å². The van der Waals surface area contributed by atoms with Gasteiger partial charge in [0.1, 0.15) is 0 Å². The zero-order valence-electron chi connectivity index (χ0n) is 21.0. The Bertz CT molecular complexity index is 1540. The van der Waals surface area contributed by atoms with E-state index >= 15 is 0 Å². The van der Waals surface area contributed by atoms with Crippen molar-refractivity contribution < 1.29 is 17.9 Å². The summed E-state index contributed by atoms with van der Waals surface area (Å²) in [6, 6.07) is 17.3. The third-order valence-electron chi connectivity index (χ3n) is 6.42. The van der Waals surface area contributed by atoms with Gasteiger partial charge in [-0.05, 0) is 87.2 Å². The number of aryl methyl sites for hydroxylation is 3. The molecule has 3 aromatic carbocycles. The average molecular weight is 536 g/mol. The summed E-state index contributed by atoms with van der Waals surface area (Å²) in [5, 5.41) is 0.633. The van der Waals surface area contributed by atoms with Crippen LogP contribution in [-0.4, -0.2) is 38.6 Å². The molecule has 1 aliphatic rings. The van der Waals surface area contributed by atoms with Crippen LogP contribution in [0.25, 0.3) is 10.2 Å². The first kappa shape index (κ1) is 25.4. The summed E-state index contributed by atoms with van der Waals surface area (Å²) in [5.41, 5.74) is 4.94. The summed E-state index contributed by atoms with van der Waals surface area (Å²) < 4.78 is 35.0. The van der Waals surface area contributed by atoms with Crippen LogP contribution in [0.2, 0.25) is 0 Å². The van der Waals surface area contributed by atoms with Gasteiger partial charge in [0.2, 0.25) is 0 Å². The number of hydrogen-bond acceptors (Lipinski definition) is 6. The molecule has 1 fully saturated rings. The van der Waals surface area contributed by atoms with E-state index in [1.54, 1.807) is 53.4 Å². The zero-order valence-corrected chi connectivity index (χ0v) is 22.7. The highest BCUT2D eigenvalue weighted by Gasteiger charge is 2.27. The highest BCUT2D eigenvalue weighted by atomic mass is 32.2. The van der Waals surface area contributed by atoms with Gasteiger partial charge < -0.3 is 4.74 Å². The van der Waals surface area contributed by atoms with Crippen LogP contribution in [0, 0.1) is 20.8 Å². The number of hydrogen-bond donors (Lipinski definition) is 1. The maximum absolute atomic E-state index is 13.7. The number of nitrogens with one attached hydrogen (secondary N) is 1. The first-order valence-corrected chi connectivity index (χ1v) is 14.5. The number of sulfonamides is 1. The van der Waals surface area contributed by atoms with Gasteiger partial charge in [-0.15, -0.1) is 0 Å². The Balaban J connectivity index is 1.41. The largest absolute Gasteiger partial charge is 0.376 e. The summed E-state index contributed by atoms with van der Waals surface area (Å²) in [6.07, 6.45) is 1.83. The molecule has 0 radical (unpaired) electrons. The van der Waals surface area contributed by atoms with Crippen LogP contribution in [0.3, 0.4) is 0 Å². The third-order valence-corrected chi connectivity index (χ3v) is 8.84. The highest BCUT2D eigenvalue weighted by Crippen LogP contribution is 2.33. The molecule has 1 aliphatic heterocycles. The topological polar surface area (TPSA) is 88.6 Å². The van der Waals surface area contributed by atoms with E-state index < -0.39 is 10.0 Å². The number of fused-ring (bicyclic) bond motifs is 1. The molecule has 1 unspecified atom stereocenters. The third kappa shape index (κ3) is 5.53. The first-order chi connectivity index (χ1) is 17.7. The lowest BCUT2D eigenvalue weighted by atomic mass is 10.1. The Morgan fingerprint density at radius 2 is 1.78 bits per heavy atom. The Morgan fingerprint density at radius 3 is 2.46 bits per heavy atom. The molecule has 1 aromatic heterocycles. The number of carbonyl (C=O) groups excluding carboxylic acids is 1. The second kappa shape index (κ2) is 10.2. The van der Waals surface area contributed by atoms with Crippen molar-refractivity contribution >= 4 is 48.3 Å². The SMILES string of the molecule is Cc1ccc(S(=O)(=O)Nc2ccc(C(=O)N(CC3CCCO3)c3nc4c(C)cc(C)cc4s3)cc2)cc1. The van der Waals surface area contributed by atoms with Crippen molar-refractivity contribution in [2.24, 2.45) is 0 Å². The van der Waals surface area contributed by atoms with E-state index in [-0.39, 0.29) is 16.9 Å². The van der Waals surface area contributed by atoms with Gasteiger partial charge in [0, 0.05) is 17.9 Å². The first-order valence-electron chi connectivity index (χ1n) is 12.2. The Hall–Kier alpha value is -3.27. The smallest absolute Gasteiger partial charge is 0.261 e. The molecule has 1 amide bonds. The molecular formula is C28H29N3O4S2. The average Bonchev–Trinajstić information content (AvgIpc) is 3.53. The number of ether oxygens (including phenoxy) is 1. The van der Waals surface area contributed by atoms with Crippen molar-refractivity contribution in [1.29, 1.82) is 0 Å². The zero-order chi connectivity index (χ0) is 26.2. The summed E-state index contributed by atoms with van der Waals surface area (Å²) in [4.78, 5) is 20.4. The molecule has 0 aliphatic carbocycles. The van der Waals surface area contributed by atoms with Crippen molar-refractivity contribution in [2.45, 2.75) is 44.6 Å². The van der Waals surface area contributed by atoms with Gasteiger partial charge in [0.25, 0.3) is 15.9 Å². The van der Waals surface area contributed by atoms with Crippen LogP contribution in [0.1, 0.15) is 39.9 Å². The highest BCUT2D eigenvalue weighted by molar-refractivity contribution is 7.92. The number of aromatic nitrogens is 1. The number of amides is 1. The maximum Gasteiger partial charge on any atom is 0.261 e. The van der Waals surface area contributed by atoms with Crippen molar-refractivity contribution in [3.05, 3.63) is 82.9 Å². The van der Waals surface area contributed by atoms with Crippen molar-refractivity contribution in [1.82, 2.24) is 4.98 Å². The van der Waals surface area contributed by atoms with Crippen LogP contribution in [0.4, 0.5) is 10.8 Å². The molecule has 7 nitrogen and oxygen atoms in total. The molecule has 37 heavy (non-hydrogen) atoms. The predicted octanol–water partition coefficient (Wildman–Crippen LogP) is 5.85. The second-order valence-electron chi connectivity index (χ2n) is 9.47. The standard InChI is InChI=1S/C28H29N3O4S2/c1-18-6-12-24(13-7-18)37(33,34)30-22-10-8-21(9-11-22)27(32)31(17-23-5-4-14-35-23)28-29-26-20(3)15-19(2)16-25(26)36-28/h6-13,15-16,23,30H,4-5,14,17H2,1-3H3. The Labute approximate surface area is 221 Å². The lowest BCUT2D eigenvalue weighted by molar-refractivity contribution is 0.0917. The second-order valence-corrected chi connectivity index (χ2v) is 12.2. The van der Waals surface area contributed by atoms with E-state index in [1.165, 1.54) is 11.3 Å². The fourth-order valence-electron chi connectivity index (χ4n) is 4.48. The fraction of sp³-hybridized carbons (Fsp3) is 0.286. The molecule has 192 valence electrons. The van der Waals surface area contributed by atoms with Crippen molar-refractivity contribution in [3.63, 3.8) is 0 Å². The molecule has 1 saturated heterocycles. The van der Waals surface area contributed by atoms with Gasteiger partial charge in [0.15, 0.2) is 5.13 Å². The van der Waals surface area contributed by atoms with E-state index in [4.69, 9.17) is 9.72 Å². The lowest BCUT2D eigenvalue weighted by Crippen LogP contribution is -2.37. The minimum absolute atomic E-state index is 0.0422. The van der Waals surface area contributed by atoms with Gasteiger partial charge in [-0.1, -0.05) is 35.1 Å². The van der Waals surface area contributed by atoms with Crippen LogP contribution < -0.4 is 9.62 Å². The van der Waals surface area contributed by atoms with Gasteiger partial charge in [-0.25, -0.2) is 13.4 Å². The molecular weight excluding hydrogens is 506 g/mol. The maximum atomic E-state index is 13.7. The molecule has 0 bridgehead atoms. The lowest BCUT2D eigenvalue weighted by Gasteiger charge is -2.23. The summed E-state index contributed by atoms with van der Waals surface area (Å²) in [5.74, 6) is -0.197. The number of carbonyl (C=O) groups is 1. The van der Waals surface area contributed by atoms with Crippen LogP contribution in [0.15, 0.2) is 65.6 Å².